The topological polar surface area (TPSA) is 76.7 Å². The van der Waals surface area contributed by atoms with Crippen LogP contribution in [0.2, 0.25) is 0 Å². The summed E-state index contributed by atoms with van der Waals surface area (Å²) in [6.07, 6.45) is 2.13. The van der Waals surface area contributed by atoms with Gasteiger partial charge in [0.1, 0.15) is 11.6 Å². The highest BCUT2D eigenvalue weighted by Gasteiger charge is 2.19. The van der Waals surface area contributed by atoms with Crippen molar-refractivity contribution in [2.75, 3.05) is 33.9 Å². The van der Waals surface area contributed by atoms with E-state index >= 15 is 0 Å². The lowest BCUT2D eigenvalue weighted by Crippen LogP contribution is -2.32. The van der Waals surface area contributed by atoms with E-state index < -0.39 is 0 Å². The van der Waals surface area contributed by atoms with E-state index in [1.54, 1.807) is 20.3 Å². The zero-order chi connectivity index (χ0) is 19.5. The van der Waals surface area contributed by atoms with Crippen LogP contribution in [0.25, 0.3) is 22.4 Å². The summed E-state index contributed by atoms with van der Waals surface area (Å²) in [5.41, 5.74) is 2.61. The third-order valence-electron chi connectivity index (χ3n) is 4.94. The Bertz CT molecular complexity index is 992. The molecule has 3 aromatic rings. The number of amides is 1. The monoisotopic (exact) mass is 381 g/mol. The molecule has 1 N–H and O–H groups in total. The average molecular weight is 381 g/mol. The van der Waals surface area contributed by atoms with Crippen molar-refractivity contribution in [3.8, 4) is 28.6 Å². The van der Waals surface area contributed by atoms with Crippen LogP contribution in [0.4, 0.5) is 0 Å². The lowest BCUT2D eigenvalue weighted by atomic mass is 10.2. The SMILES string of the molecule is COc1ccc2nc(-c3ccc(OCC(=O)N4CCCC4)c(OC)c3)[nH]c2c1. The van der Waals surface area contributed by atoms with Crippen molar-refractivity contribution in [1.29, 1.82) is 0 Å². The molecule has 1 saturated heterocycles. The Balaban J connectivity index is 1.53. The number of nitrogens with one attached hydrogen (secondary N) is 1. The van der Waals surface area contributed by atoms with Crippen molar-refractivity contribution in [2.45, 2.75) is 12.8 Å². The van der Waals surface area contributed by atoms with Gasteiger partial charge in [-0.1, -0.05) is 0 Å². The number of carbonyl (C=O) groups excluding carboxylic acids is 1. The quantitative estimate of drug-likeness (QED) is 0.709. The highest BCUT2D eigenvalue weighted by atomic mass is 16.5. The average Bonchev–Trinajstić information content (AvgIpc) is 3.41. The van der Waals surface area contributed by atoms with E-state index in [-0.39, 0.29) is 12.5 Å². The van der Waals surface area contributed by atoms with Gasteiger partial charge in [0.15, 0.2) is 18.1 Å². The van der Waals surface area contributed by atoms with E-state index in [1.807, 2.05) is 35.2 Å². The van der Waals surface area contributed by atoms with Gasteiger partial charge in [-0.2, -0.15) is 0 Å². The molecule has 0 saturated carbocycles. The second-order valence-electron chi connectivity index (χ2n) is 6.71. The highest BCUT2D eigenvalue weighted by Crippen LogP contribution is 2.32. The number of rotatable bonds is 6. The summed E-state index contributed by atoms with van der Waals surface area (Å²) in [5.74, 6) is 2.60. The smallest absolute Gasteiger partial charge is 0.260 e. The normalized spacial score (nSPS) is 13.7. The molecule has 0 unspecified atom stereocenters. The molecule has 0 spiro atoms. The van der Waals surface area contributed by atoms with Gasteiger partial charge < -0.3 is 24.1 Å². The molecule has 1 aliphatic heterocycles. The Hall–Kier alpha value is -3.22. The second kappa shape index (κ2) is 7.80. The van der Waals surface area contributed by atoms with Gasteiger partial charge in [0.25, 0.3) is 5.91 Å². The first kappa shape index (κ1) is 18.2. The number of carbonyl (C=O) groups is 1. The molecule has 2 heterocycles. The summed E-state index contributed by atoms with van der Waals surface area (Å²) >= 11 is 0. The van der Waals surface area contributed by atoms with Gasteiger partial charge in [-0.05, 0) is 43.2 Å². The zero-order valence-corrected chi connectivity index (χ0v) is 16.0. The standard InChI is InChI=1S/C21H23N3O4/c1-26-15-6-7-16-17(12-15)23-21(22-16)14-5-8-18(19(11-14)27-2)28-13-20(25)24-9-3-4-10-24/h5-8,11-12H,3-4,9-10,13H2,1-2H3,(H,22,23). The minimum absolute atomic E-state index is 0.00913. The van der Waals surface area contributed by atoms with E-state index in [0.717, 1.165) is 54.1 Å². The Morgan fingerprint density at radius 1 is 1.07 bits per heavy atom. The molecule has 2 aromatic carbocycles. The molecule has 28 heavy (non-hydrogen) atoms. The van der Waals surface area contributed by atoms with Gasteiger partial charge in [-0.3, -0.25) is 4.79 Å². The number of nitrogens with zero attached hydrogens (tertiary/aromatic N) is 2. The molecule has 7 heteroatoms. The van der Waals surface area contributed by atoms with E-state index in [4.69, 9.17) is 14.2 Å². The molecule has 1 aliphatic rings. The summed E-state index contributed by atoms with van der Waals surface area (Å²) in [6, 6.07) is 11.2. The minimum Gasteiger partial charge on any atom is -0.497 e. The van der Waals surface area contributed by atoms with Crippen LogP contribution in [0, 0.1) is 0 Å². The number of ether oxygens (including phenoxy) is 3. The van der Waals surface area contributed by atoms with Gasteiger partial charge >= 0.3 is 0 Å². The number of methoxy groups -OCH3 is 2. The maximum atomic E-state index is 12.2. The van der Waals surface area contributed by atoms with Crippen LogP contribution in [0.5, 0.6) is 17.2 Å². The largest absolute Gasteiger partial charge is 0.497 e. The Kier molecular flexibility index (Phi) is 5.06. The van der Waals surface area contributed by atoms with Crippen molar-refractivity contribution in [3.05, 3.63) is 36.4 Å². The van der Waals surface area contributed by atoms with Crippen molar-refractivity contribution >= 4 is 16.9 Å². The van der Waals surface area contributed by atoms with Crippen LogP contribution in [-0.4, -0.2) is 54.7 Å². The molecule has 0 atom stereocenters. The molecule has 0 bridgehead atoms. The number of likely N-dealkylation sites (tertiary alicyclic amines) is 1. The first-order valence-corrected chi connectivity index (χ1v) is 9.30. The van der Waals surface area contributed by atoms with Crippen LogP contribution in [0.1, 0.15) is 12.8 Å². The summed E-state index contributed by atoms with van der Waals surface area (Å²) < 4.78 is 16.4. The maximum absolute atomic E-state index is 12.2. The fourth-order valence-electron chi connectivity index (χ4n) is 3.38. The van der Waals surface area contributed by atoms with Gasteiger partial charge in [-0.15, -0.1) is 0 Å². The van der Waals surface area contributed by atoms with Crippen LogP contribution in [0.15, 0.2) is 36.4 Å². The first-order chi connectivity index (χ1) is 13.7. The molecule has 1 aromatic heterocycles. The summed E-state index contributed by atoms with van der Waals surface area (Å²) in [6.45, 7) is 1.64. The Morgan fingerprint density at radius 3 is 2.64 bits per heavy atom. The van der Waals surface area contributed by atoms with Crippen molar-refractivity contribution < 1.29 is 19.0 Å². The zero-order valence-electron chi connectivity index (χ0n) is 16.0. The number of aromatic amines is 1. The van der Waals surface area contributed by atoms with E-state index in [0.29, 0.717) is 11.5 Å². The van der Waals surface area contributed by atoms with Crippen molar-refractivity contribution in [2.24, 2.45) is 0 Å². The van der Waals surface area contributed by atoms with Gasteiger partial charge in [0, 0.05) is 24.7 Å². The highest BCUT2D eigenvalue weighted by molar-refractivity contribution is 5.81. The number of fused-ring (bicyclic) bond motifs is 1. The third-order valence-corrected chi connectivity index (χ3v) is 4.94. The van der Waals surface area contributed by atoms with Gasteiger partial charge in [0.2, 0.25) is 0 Å². The molecule has 146 valence electrons. The summed E-state index contributed by atoms with van der Waals surface area (Å²) in [4.78, 5) is 21.9. The molecule has 0 radical (unpaired) electrons. The molecular weight excluding hydrogens is 358 g/mol. The Labute approximate surface area is 163 Å². The third kappa shape index (κ3) is 3.60. The van der Waals surface area contributed by atoms with Gasteiger partial charge in [0.05, 0.1) is 25.3 Å². The fraction of sp³-hybridized carbons (Fsp3) is 0.333. The molecular formula is C21H23N3O4. The van der Waals surface area contributed by atoms with Crippen LogP contribution in [-0.2, 0) is 4.79 Å². The van der Waals surface area contributed by atoms with Crippen molar-refractivity contribution in [1.82, 2.24) is 14.9 Å². The predicted octanol–water partition coefficient (Wildman–Crippen LogP) is 3.25. The predicted molar refractivity (Wildman–Crippen MR) is 106 cm³/mol. The number of imidazole rings is 1. The van der Waals surface area contributed by atoms with E-state index in [2.05, 4.69) is 9.97 Å². The molecule has 7 nitrogen and oxygen atoms in total. The number of benzene rings is 2. The number of aromatic nitrogens is 2. The molecule has 4 rings (SSSR count). The Morgan fingerprint density at radius 2 is 1.89 bits per heavy atom. The number of hydrogen-bond donors (Lipinski definition) is 1. The number of H-pyrrole nitrogens is 1. The lowest BCUT2D eigenvalue weighted by Gasteiger charge is -2.16. The van der Waals surface area contributed by atoms with Gasteiger partial charge in [-0.25, -0.2) is 4.98 Å². The fourth-order valence-corrected chi connectivity index (χ4v) is 3.38. The van der Waals surface area contributed by atoms with Crippen molar-refractivity contribution in [3.63, 3.8) is 0 Å². The molecule has 1 amide bonds. The molecule has 1 fully saturated rings. The molecule has 0 aliphatic carbocycles. The first-order valence-electron chi connectivity index (χ1n) is 9.30. The van der Waals surface area contributed by atoms with E-state index in [9.17, 15) is 4.79 Å². The minimum atomic E-state index is 0.00913. The van der Waals surface area contributed by atoms with E-state index in [1.165, 1.54) is 0 Å². The van der Waals surface area contributed by atoms with Crippen LogP contribution < -0.4 is 14.2 Å². The lowest BCUT2D eigenvalue weighted by molar-refractivity contribution is -0.132. The second-order valence-corrected chi connectivity index (χ2v) is 6.71. The summed E-state index contributed by atoms with van der Waals surface area (Å²) in [7, 11) is 3.22. The summed E-state index contributed by atoms with van der Waals surface area (Å²) in [5, 5.41) is 0. The number of hydrogen-bond acceptors (Lipinski definition) is 5. The van der Waals surface area contributed by atoms with Crippen LogP contribution in [0.3, 0.4) is 0 Å². The van der Waals surface area contributed by atoms with Crippen LogP contribution >= 0.6 is 0 Å². The maximum Gasteiger partial charge on any atom is 0.260 e.